The second kappa shape index (κ2) is 7.70. The van der Waals surface area contributed by atoms with E-state index in [4.69, 9.17) is 9.47 Å². The molecule has 0 unspecified atom stereocenters. The molecule has 2 amide bonds. The van der Waals surface area contributed by atoms with Crippen molar-refractivity contribution in [3.63, 3.8) is 0 Å². The number of hydrogen-bond acceptors (Lipinski definition) is 4. The van der Waals surface area contributed by atoms with Gasteiger partial charge in [-0.1, -0.05) is 12.1 Å². The van der Waals surface area contributed by atoms with Crippen molar-refractivity contribution in [1.29, 1.82) is 0 Å². The van der Waals surface area contributed by atoms with Crippen LogP contribution in [0.25, 0.3) is 0 Å². The zero-order valence-electron chi connectivity index (χ0n) is 16.0. The number of hydrogen-bond donors (Lipinski definition) is 1. The molecule has 1 aliphatic rings. The van der Waals surface area contributed by atoms with E-state index in [1.807, 2.05) is 32.0 Å². The van der Waals surface area contributed by atoms with Gasteiger partial charge in [0.15, 0.2) is 0 Å². The first kappa shape index (κ1) is 18.8. The van der Waals surface area contributed by atoms with Crippen LogP contribution in [-0.4, -0.2) is 32.6 Å². The molecule has 0 spiro atoms. The number of anilines is 2. The average Bonchev–Trinajstić information content (AvgIpc) is 3.06. The number of amides is 2. The number of aryl methyl sites for hydroxylation is 1. The van der Waals surface area contributed by atoms with Crippen LogP contribution in [0.5, 0.6) is 11.5 Å². The fourth-order valence-electron chi connectivity index (χ4n) is 3.28. The van der Waals surface area contributed by atoms with E-state index in [0.717, 1.165) is 16.8 Å². The summed E-state index contributed by atoms with van der Waals surface area (Å²) in [5.41, 5.74) is 3.61. The molecule has 3 rings (SSSR count). The molecular formula is C21H24N2O4. The van der Waals surface area contributed by atoms with E-state index >= 15 is 0 Å². The summed E-state index contributed by atoms with van der Waals surface area (Å²) >= 11 is 0. The van der Waals surface area contributed by atoms with Crippen LogP contribution in [0.3, 0.4) is 0 Å². The van der Waals surface area contributed by atoms with Gasteiger partial charge in [-0.2, -0.15) is 0 Å². The fourth-order valence-corrected chi connectivity index (χ4v) is 3.28. The molecule has 142 valence electrons. The minimum absolute atomic E-state index is 0.0365. The molecule has 1 saturated heterocycles. The third-order valence-electron chi connectivity index (χ3n) is 5.03. The summed E-state index contributed by atoms with van der Waals surface area (Å²) in [7, 11) is 3.10. The maximum Gasteiger partial charge on any atom is 0.229 e. The van der Waals surface area contributed by atoms with E-state index in [1.165, 1.54) is 7.11 Å². The zero-order valence-corrected chi connectivity index (χ0v) is 16.0. The fraction of sp³-hybridized carbons (Fsp3) is 0.333. The lowest BCUT2D eigenvalue weighted by atomic mass is 10.1. The van der Waals surface area contributed by atoms with Crippen molar-refractivity contribution in [2.45, 2.75) is 20.3 Å². The maximum absolute atomic E-state index is 12.7. The minimum atomic E-state index is -0.413. The van der Waals surface area contributed by atoms with Gasteiger partial charge in [0.1, 0.15) is 11.5 Å². The van der Waals surface area contributed by atoms with Crippen LogP contribution in [0.15, 0.2) is 36.4 Å². The minimum Gasteiger partial charge on any atom is -0.497 e. The van der Waals surface area contributed by atoms with Gasteiger partial charge in [-0.15, -0.1) is 0 Å². The Morgan fingerprint density at radius 3 is 2.63 bits per heavy atom. The molecule has 0 bridgehead atoms. The molecule has 0 aromatic heterocycles. The van der Waals surface area contributed by atoms with E-state index in [9.17, 15) is 9.59 Å². The Balaban J connectivity index is 1.76. The topological polar surface area (TPSA) is 67.9 Å². The van der Waals surface area contributed by atoms with Crippen molar-refractivity contribution in [1.82, 2.24) is 0 Å². The first-order chi connectivity index (χ1) is 12.9. The Bertz CT molecular complexity index is 878. The van der Waals surface area contributed by atoms with Crippen LogP contribution >= 0.6 is 0 Å². The summed E-state index contributed by atoms with van der Waals surface area (Å²) in [6, 6.07) is 11.1. The van der Waals surface area contributed by atoms with Crippen LogP contribution < -0.4 is 19.7 Å². The van der Waals surface area contributed by atoms with E-state index in [-0.39, 0.29) is 18.2 Å². The zero-order chi connectivity index (χ0) is 19.6. The second-order valence-electron chi connectivity index (χ2n) is 6.68. The third-order valence-corrected chi connectivity index (χ3v) is 5.03. The number of ether oxygens (including phenoxy) is 2. The van der Waals surface area contributed by atoms with Crippen molar-refractivity contribution >= 4 is 23.2 Å². The van der Waals surface area contributed by atoms with Gasteiger partial charge in [0, 0.05) is 24.7 Å². The summed E-state index contributed by atoms with van der Waals surface area (Å²) in [6.07, 6.45) is 0.192. The van der Waals surface area contributed by atoms with Crippen molar-refractivity contribution in [2.24, 2.45) is 5.92 Å². The third kappa shape index (κ3) is 3.74. The number of nitrogens with zero attached hydrogens (tertiary/aromatic N) is 1. The van der Waals surface area contributed by atoms with Gasteiger partial charge in [0.05, 0.1) is 25.8 Å². The molecule has 27 heavy (non-hydrogen) atoms. The Morgan fingerprint density at radius 1 is 1.15 bits per heavy atom. The van der Waals surface area contributed by atoms with Gasteiger partial charge < -0.3 is 19.7 Å². The van der Waals surface area contributed by atoms with Crippen molar-refractivity contribution < 1.29 is 19.1 Å². The quantitative estimate of drug-likeness (QED) is 0.879. The molecular weight excluding hydrogens is 344 g/mol. The highest BCUT2D eigenvalue weighted by atomic mass is 16.5. The molecule has 1 fully saturated rings. The standard InChI is InChI=1S/C21H24N2O4/c1-13-6-5-7-18(14(13)2)23-12-15(10-20(23)24)21(25)22-17-9-8-16(26-3)11-19(17)27-4/h5-9,11,15H,10,12H2,1-4H3,(H,22,25)/t15-/m0/s1. The summed E-state index contributed by atoms with van der Waals surface area (Å²) in [5, 5.41) is 2.87. The predicted molar refractivity (Wildman–Crippen MR) is 105 cm³/mol. The monoisotopic (exact) mass is 368 g/mol. The van der Waals surface area contributed by atoms with Gasteiger partial charge in [-0.3, -0.25) is 9.59 Å². The van der Waals surface area contributed by atoms with E-state index < -0.39 is 5.92 Å². The van der Waals surface area contributed by atoms with E-state index in [2.05, 4.69) is 5.32 Å². The highest BCUT2D eigenvalue weighted by Gasteiger charge is 2.36. The lowest BCUT2D eigenvalue weighted by molar-refractivity contribution is -0.122. The highest BCUT2D eigenvalue weighted by molar-refractivity contribution is 6.04. The van der Waals surface area contributed by atoms with Gasteiger partial charge in [0.2, 0.25) is 11.8 Å². The summed E-state index contributed by atoms with van der Waals surface area (Å²) in [4.78, 5) is 27.0. The molecule has 0 radical (unpaired) electrons. The number of benzene rings is 2. The van der Waals surface area contributed by atoms with Crippen molar-refractivity contribution in [3.8, 4) is 11.5 Å². The molecule has 1 heterocycles. The molecule has 0 aliphatic carbocycles. The first-order valence-electron chi connectivity index (χ1n) is 8.84. The normalized spacial score (nSPS) is 16.4. The van der Waals surface area contributed by atoms with Crippen molar-refractivity contribution in [3.05, 3.63) is 47.5 Å². The molecule has 1 aliphatic heterocycles. The van der Waals surface area contributed by atoms with E-state index in [1.54, 1.807) is 30.2 Å². The number of nitrogens with one attached hydrogen (secondary N) is 1. The van der Waals surface area contributed by atoms with Crippen LogP contribution in [0, 0.1) is 19.8 Å². The average molecular weight is 368 g/mol. The molecule has 1 atom stereocenters. The molecule has 6 nitrogen and oxygen atoms in total. The molecule has 2 aromatic carbocycles. The smallest absolute Gasteiger partial charge is 0.229 e. The Hall–Kier alpha value is -3.02. The number of methoxy groups -OCH3 is 2. The summed E-state index contributed by atoms with van der Waals surface area (Å²) in [6.45, 7) is 4.38. The first-order valence-corrected chi connectivity index (χ1v) is 8.84. The molecule has 2 aromatic rings. The number of rotatable bonds is 5. The lowest BCUT2D eigenvalue weighted by Gasteiger charge is -2.20. The molecule has 0 saturated carbocycles. The number of carbonyl (C=O) groups is 2. The van der Waals surface area contributed by atoms with Gasteiger partial charge in [-0.05, 0) is 43.2 Å². The SMILES string of the molecule is COc1ccc(NC(=O)[C@H]2CC(=O)N(c3cccc(C)c3C)C2)c(OC)c1. The summed E-state index contributed by atoms with van der Waals surface area (Å²) in [5.74, 6) is 0.509. The van der Waals surface area contributed by atoms with Gasteiger partial charge >= 0.3 is 0 Å². The van der Waals surface area contributed by atoms with Crippen molar-refractivity contribution in [2.75, 3.05) is 31.0 Å². The van der Waals surface area contributed by atoms with Crippen LogP contribution in [-0.2, 0) is 9.59 Å². The van der Waals surface area contributed by atoms with Crippen LogP contribution in [0.2, 0.25) is 0 Å². The van der Waals surface area contributed by atoms with Gasteiger partial charge in [-0.25, -0.2) is 0 Å². The van der Waals surface area contributed by atoms with Crippen LogP contribution in [0.1, 0.15) is 17.5 Å². The highest BCUT2D eigenvalue weighted by Crippen LogP contribution is 2.32. The largest absolute Gasteiger partial charge is 0.497 e. The Labute approximate surface area is 159 Å². The molecule has 1 N–H and O–H groups in total. The van der Waals surface area contributed by atoms with E-state index in [0.29, 0.717) is 23.7 Å². The molecule has 6 heteroatoms. The van der Waals surface area contributed by atoms with Gasteiger partial charge in [0.25, 0.3) is 0 Å². The number of carbonyl (C=O) groups excluding carboxylic acids is 2. The maximum atomic E-state index is 12.7. The predicted octanol–water partition coefficient (Wildman–Crippen LogP) is 3.31. The Morgan fingerprint density at radius 2 is 1.93 bits per heavy atom. The Kier molecular flexibility index (Phi) is 5.35. The lowest BCUT2D eigenvalue weighted by Crippen LogP contribution is -2.28. The second-order valence-corrected chi connectivity index (χ2v) is 6.68. The summed E-state index contributed by atoms with van der Waals surface area (Å²) < 4.78 is 10.5. The van der Waals surface area contributed by atoms with Crippen LogP contribution in [0.4, 0.5) is 11.4 Å².